The van der Waals surface area contributed by atoms with E-state index in [1.165, 1.54) is 9.80 Å². The standard InChI is InChI=1S/C12H17ClN2O2/c1-14(2)5-6-15-11(16)9-4-3-8(13)7-10(9)12(15)17/h3,9-10H,4-7H2,1-2H3/p+1/t9-,10-/m1/s1. The molecule has 5 heteroatoms. The molecule has 2 atom stereocenters. The zero-order valence-corrected chi connectivity index (χ0v) is 11.0. The van der Waals surface area contributed by atoms with Crippen LogP contribution in [0.4, 0.5) is 0 Å². The molecule has 0 radical (unpaired) electrons. The number of allylic oxidation sites excluding steroid dienone is 2. The van der Waals surface area contributed by atoms with Crippen molar-refractivity contribution in [1.82, 2.24) is 4.90 Å². The van der Waals surface area contributed by atoms with Gasteiger partial charge in [0.1, 0.15) is 0 Å². The van der Waals surface area contributed by atoms with Crippen molar-refractivity contribution in [2.24, 2.45) is 11.8 Å². The Labute approximate surface area is 106 Å². The number of halogens is 1. The van der Waals surface area contributed by atoms with E-state index in [0.29, 0.717) is 24.4 Å². The molecule has 0 aromatic rings. The summed E-state index contributed by atoms with van der Waals surface area (Å²) in [5.41, 5.74) is 0. The van der Waals surface area contributed by atoms with Crippen molar-refractivity contribution in [2.75, 3.05) is 27.2 Å². The molecule has 2 aliphatic rings. The van der Waals surface area contributed by atoms with Crippen molar-refractivity contribution in [1.29, 1.82) is 0 Å². The summed E-state index contributed by atoms with van der Waals surface area (Å²) in [6.07, 6.45) is 3.01. The van der Waals surface area contributed by atoms with Gasteiger partial charge in [-0.25, -0.2) is 0 Å². The molecular formula is C12H18ClN2O2+. The highest BCUT2D eigenvalue weighted by molar-refractivity contribution is 6.30. The van der Waals surface area contributed by atoms with Gasteiger partial charge in [-0.05, 0) is 12.8 Å². The number of nitrogens with zero attached hydrogens (tertiary/aromatic N) is 1. The lowest BCUT2D eigenvalue weighted by atomic mass is 9.85. The van der Waals surface area contributed by atoms with Crippen molar-refractivity contribution >= 4 is 23.4 Å². The molecule has 0 bridgehead atoms. The molecule has 1 aliphatic carbocycles. The lowest BCUT2D eigenvalue weighted by molar-refractivity contribution is -0.857. The fourth-order valence-electron chi connectivity index (χ4n) is 2.45. The van der Waals surface area contributed by atoms with Gasteiger partial charge in [0.2, 0.25) is 11.8 Å². The Morgan fingerprint density at radius 1 is 1.35 bits per heavy atom. The number of amides is 2. The molecule has 1 N–H and O–H groups in total. The maximum atomic E-state index is 12.1. The van der Waals surface area contributed by atoms with Crippen LogP contribution in [-0.4, -0.2) is 43.9 Å². The third kappa shape index (κ3) is 2.38. The third-order valence-electron chi connectivity index (χ3n) is 3.50. The number of hydrogen-bond acceptors (Lipinski definition) is 2. The van der Waals surface area contributed by atoms with Crippen LogP contribution in [0, 0.1) is 11.8 Å². The summed E-state index contributed by atoms with van der Waals surface area (Å²) in [7, 11) is 4.02. The molecule has 4 nitrogen and oxygen atoms in total. The van der Waals surface area contributed by atoms with Crippen LogP contribution in [0.5, 0.6) is 0 Å². The average Bonchev–Trinajstić information content (AvgIpc) is 2.49. The normalized spacial score (nSPS) is 28.7. The van der Waals surface area contributed by atoms with E-state index >= 15 is 0 Å². The molecule has 2 rings (SSSR count). The van der Waals surface area contributed by atoms with Crippen molar-refractivity contribution in [3.05, 3.63) is 11.1 Å². The SMILES string of the molecule is C[NH+](C)CCN1C(=O)[C@@H]2CC=C(Cl)C[C@H]2C1=O. The van der Waals surface area contributed by atoms with Gasteiger partial charge in [-0.3, -0.25) is 14.5 Å². The van der Waals surface area contributed by atoms with Crippen LogP contribution in [0.15, 0.2) is 11.1 Å². The van der Waals surface area contributed by atoms with E-state index in [1.807, 2.05) is 20.2 Å². The Bertz CT molecular complexity index is 379. The number of quaternary nitrogens is 1. The van der Waals surface area contributed by atoms with E-state index in [2.05, 4.69) is 0 Å². The zero-order chi connectivity index (χ0) is 12.6. The average molecular weight is 258 g/mol. The molecule has 0 spiro atoms. The van der Waals surface area contributed by atoms with Crippen molar-refractivity contribution in [3.63, 3.8) is 0 Å². The highest BCUT2D eigenvalue weighted by atomic mass is 35.5. The first-order chi connectivity index (χ1) is 8.00. The molecule has 17 heavy (non-hydrogen) atoms. The monoisotopic (exact) mass is 257 g/mol. The van der Waals surface area contributed by atoms with Crippen molar-refractivity contribution in [2.45, 2.75) is 12.8 Å². The number of carbonyl (C=O) groups excluding carboxylic acids is 2. The summed E-state index contributed by atoms with van der Waals surface area (Å²) in [5.74, 6) is -0.423. The summed E-state index contributed by atoms with van der Waals surface area (Å²) in [5, 5.41) is 0.715. The van der Waals surface area contributed by atoms with Gasteiger partial charge in [0.15, 0.2) is 0 Å². The molecule has 1 saturated heterocycles. The first kappa shape index (κ1) is 12.6. The lowest BCUT2D eigenvalue weighted by Crippen LogP contribution is -3.06. The van der Waals surface area contributed by atoms with E-state index in [4.69, 9.17) is 11.6 Å². The van der Waals surface area contributed by atoms with E-state index in [0.717, 1.165) is 6.54 Å². The molecule has 1 fully saturated rings. The summed E-state index contributed by atoms with van der Waals surface area (Å²) in [6.45, 7) is 1.31. The van der Waals surface area contributed by atoms with Gasteiger partial charge in [0, 0.05) is 5.03 Å². The van der Waals surface area contributed by atoms with Gasteiger partial charge in [-0.1, -0.05) is 17.7 Å². The number of carbonyl (C=O) groups is 2. The van der Waals surface area contributed by atoms with Crippen LogP contribution >= 0.6 is 11.6 Å². The van der Waals surface area contributed by atoms with Gasteiger partial charge in [0.25, 0.3) is 0 Å². The van der Waals surface area contributed by atoms with E-state index < -0.39 is 0 Å². The predicted octanol–water partition coefficient (Wildman–Crippen LogP) is -0.351. The second-order valence-corrected chi connectivity index (χ2v) is 5.57. The summed E-state index contributed by atoms with van der Waals surface area (Å²) in [4.78, 5) is 26.9. The number of fused-ring (bicyclic) bond motifs is 1. The second kappa shape index (κ2) is 4.78. The number of likely N-dealkylation sites (N-methyl/N-ethyl adjacent to an activating group) is 1. The van der Waals surface area contributed by atoms with Crippen molar-refractivity contribution in [3.8, 4) is 0 Å². The Hall–Kier alpha value is -0.870. The van der Waals surface area contributed by atoms with Crippen LogP contribution in [0.25, 0.3) is 0 Å². The van der Waals surface area contributed by atoms with Crippen molar-refractivity contribution < 1.29 is 14.5 Å². The first-order valence-corrected chi connectivity index (χ1v) is 6.37. The number of hydrogen-bond donors (Lipinski definition) is 1. The molecule has 0 unspecified atom stereocenters. The Morgan fingerprint density at radius 3 is 2.65 bits per heavy atom. The lowest BCUT2D eigenvalue weighted by Gasteiger charge is -2.17. The number of imide groups is 1. The number of rotatable bonds is 3. The zero-order valence-electron chi connectivity index (χ0n) is 10.2. The number of nitrogens with one attached hydrogen (secondary N) is 1. The topological polar surface area (TPSA) is 41.8 Å². The summed E-state index contributed by atoms with van der Waals surface area (Å²) < 4.78 is 0. The Kier molecular flexibility index (Phi) is 3.54. The Balaban J connectivity index is 2.08. The molecule has 1 heterocycles. The highest BCUT2D eigenvalue weighted by Gasteiger charge is 2.48. The molecule has 2 amide bonds. The first-order valence-electron chi connectivity index (χ1n) is 5.99. The van der Waals surface area contributed by atoms with E-state index in [1.54, 1.807) is 0 Å². The predicted molar refractivity (Wildman–Crippen MR) is 64.5 cm³/mol. The van der Waals surface area contributed by atoms with Crippen LogP contribution in [0.1, 0.15) is 12.8 Å². The van der Waals surface area contributed by atoms with Gasteiger partial charge in [-0.2, -0.15) is 0 Å². The van der Waals surface area contributed by atoms with Gasteiger partial charge in [0.05, 0.1) is 39.0 Å². The maximum absolute atomic E-state index is 12.1. The summed E-state index contributed by atoms with van der Waals surface area (Å²) in [6, 6.07) is 0. The van der Waals surface area contributed by atoms with Crippen LogP contribution in [-0.2, 0) is 9.59 Å². The van der Waals surface area contributed by atoms with Crippen LogP contribution in [0.2, 0.25) is 0 Å². The van der Waals surface area contributed by atoms with Crippen LogP contribution < -0.4 is 4.90 Å². The fourth-order valence-corrected chi connectivity index (χ4v) is 2.71. The minimum absolute atomic E-state index is 0.0123. The van der Waals surface area contributed by atoms with E-state index in [9.17, 15) is 9.59 Å². The molecule has 0 aromatic heterocycles. The summed E-state index contributed by atoms with van der Waals surface area (Å²) >= 11 is 5.95. The van der Waals surface area contributed by atoms with Crippen LogP contribution in [0.3, 0.4) is 0 Å². The molecule has 1 aliphatic heterocycles. The quantitative estimate of drug-likeness (QED) is 0.703. The number of likely N-dealkylation sites (tertiary alicyclic amines) is 1. The molecule has 0 saturated carbocycles. The third-order valence-corrected chi connectivity index (χ3v) is 3.80. The molecule has 0 aromatic carbocycles. The van der Waals surface area contributed by atoms with Gasteiger partial charge in [-0.15, -0.1) is 0 Å². The minimum atomic E-state index is -0.211. The smallest absolute Gasteiger partial charge is 0.233 e. The van der Waals surface area contributed by atoms with Gasteiger partial charge >= 0.3 is 0 Å². The molecular weight excluding hydrogens is 240 g/mol. The van der Waals surface area contributed by atoms with E-state index in [-0.39, 0.29) is 23.7 Å². The second-order valence-electron chi connectivity index (χ2n) is 5.09. The largest absolute Gasteiger partial charge is 0.338 e. The maximum Gasteiger partial charge on any atom is 0.233 e. The fraction of sp³-hybridized carbons (Fsp3) is 0.667. The Morgan fingerprint density at radius 2 is 2.00 bits per heavy atom. The van der Waals surface area contributed by atoms with Gasteiger partial charge < -0.3 is 4.90 Å². The highest BCUT2D eigenvalue weighted by Crippen LogP contribution is 2.38. The molecule has 94 valence electrons. The minimum Gasteiger partial charge on any atom is -0.338 e.